The number of nitrogens with one attached hydrogen (secondary N) is 1. The first-order valence-corrected chi connectivity index (χ1v) is 6.73. The Bertz CT molecular complexity index is 664. The monoisotopic (exact) mass is 278 g/mol. The number of hydrogen-bond donors (Lipinski definition) is 1. The van der Waals surface area contributed by atoms with Gasteiger partial charge in [0.05, 0.1) is 17.2 Å². The maximum atomic E-state index is 12.1. The zero-order chi connectivity index (χ0) is 13.0. The Labute approximate surface area is 113 Å². The van der Waals surface area contributed by atoms with E-state index in [0.717, 1.165) is 0 Å². The van der Waals surface area contributed by atoms with Gasteiger partial charge in [0.2, 0.25) is 5.43 Å². The molecule has 0 amide bonds. The second-order valence-electron chi connectivity index (χ2n) is 3.38. The number of thiocarbonyl (C=S) groups is 1. The van der Waals surface area contributed by atoms with Crippen LogP contribution in [0.2, 0.25) is 0 Å². The lowest BCUT2D eigenvalue weighted by Crippen LogP contribution is -2.13. The molecule has 2 aromatic rings. The average Bonchev–Trinajstić information content (AvgIpc) is 2.41. The van der Waals surface area contributed by atoms with Crippen LogP contribution in [0, 0.1) is 0 Å². The summed E-state index contributed by atoms with van der Waals surface area (Å²) >= 11 is 6.29. The van der Waals surface area contributed by atoms with Crippen molar-refractivity contribution < 1.29 is 4.42 Å². The van der Waals surface area contributed by atoms with E-state index in [1.165, 1.54) is 24.2 Å². The van der Waals surface area contributed by atoms with Crippen molar-refractivity contribution in [2.75, 3.05) is 6.26 Å². The minimum atomic E-state index is -0.113. The second-order valence-corrected chi connectivity index (χ2v) is 4.86. The van der Waals surface area contributed by atoms with Crippen LogP contribution in [-0.2, 0) is 0 Å². The molecule has 0 spiro atoms. The molecule has 0 unspecified atom stereocenters. The third-order valence-electron chi connectivity index (χ3n) is 2.25. The van der Waals surface area contributed by atoms with Crippen LogP contribution in [0.5, 0.6) is 0 Å². The molecule has 1 heterocycles. The van der Waals surface area contributed by atoms with E-state index in [-0.39, 0.29) is 5.43 Å². The number of nitrogens with zero attached hydrogens (tertiary/aromatic N) is 1. The molecule has 0 atom stereocenters. The molecule has 18 heavy (non-hydrogen) atoms. The lowest BCUT2D eigenvalue weighted by Gasteiger charge is -1.98. The summed E-state index contributed by atoms with van der Waals surface area (Å²) in [5, 5.41) is 4.42. The molecule has 0 aliphatic carbocycles. The largest absolute Gasteiger partial charge is 0.463 e. The first kappa shape index (κ1) is 12.8. The second kappa shape index (κ2) is 5.79. The van der Waals surface area contributed by atoms with Gasteiger partial charge in [-0.3, -0.25) is 10.2 Å². The molecule has 2 rings (SSSR count). The number of hydrogen-bond acceptors (Lipinski definition) is 5. The van der Waals surface area contributed by atoms with Gasteiger partial charge in [-0.2, -0.15) is 5.10 Å². The predicted molar refractivity (Wildman–Crippen MR) is 79.3 cm³/mol. The highest BCUT2D eigenvalue weighted by Crippen LogP contribution is 2.09. The molecule has 0 bridgehead atoms. The van der Waals surface area contributed by atoms with Gasteiger partial charge in [0, 0.05) is 0 Å². The SMILES string of the molecule is CSC(=S)N/N=C/c1coc2ccccc2c1=O. The van der Waals surface area contributed by atoms with E-state index in [2.05, 4.69) is 10.5 Å². The lowest BCUT2D eigenvalue weighted by atomic mass is 10.2. The summed E-state index contributed by atoms with van der Waals surface area (Å²) in [7, 11) is 0. The van der Waals surface area contributed by atoms with Gasteiger partial charge in [0.15, 0.2) is 4.32 Å². The van der Waals surface area contributed by atoms with Gasteiger partial charge < -0.3 is 4.42 Å². The molecule has 92 valence electrons. The van der Waals surface area contributed by atoms with E-state index >= 15 is 0 Å². The number of fused-ring (bicyclic) bond motifs is 1. The number of benzene rings is 1. The summed E-state index contributed by atoms with van der Waals surface area (Å²) in [6, 6.07) is 7.08. The highest BCUT2D eigenvalue weighted by Gasteiger charge is 2.03. The molecular formula is C12H10N2O2S2. The minimum Gasteiger partial charge on any atom is -0.463 e. The Morgan fingerprint density at radius 3 is 3.06 bits per heavy atom. The van der Waals surface area contributed by atoms with Gasteiger partial charge in [-0.1, -0.05) is 36.1 Å². The molecule has 1 aromatic heterocycles. The summed E-state index contributed by atoms with van der Waals surface area (Å²) in [6.45, 7) is 0. The molecule has 0 aliphatic rings. The average molecular weight is 278 g/mol. The molecule has 0 aliphatic heterocycles. The first-order valence-electron chi connectivity index (χ1n) is 5.10. The lowest BCUT2D eigenvalue weighted by molar-refractivity contribution is 0.601. The van der Waals surface area contributed by atoms with Crippen molar-refractivity contribution in [2.24, 2.45) is 5.10 Å². The quantitative estimate of drug-likeness (QED) is 0.519. The van der Waals surface area contributed by atoms with Crippen LogP contribution in [0.1, 0.15) is 5.56 Å². The van der Waals surface area contributed by atoms with Gasteiger partial charge in [-0.25, -0.2) is 0 Å². The Balaban J connectivity index is 2.32. The molecule has 1 aromatic carbocycles. The zero-order valence-electron chi connectivity index (χ0n) is 9.54. The van der Waals surface area contributed by atoms with Crippen LogP contribution in [0.3, 0.4) is 0 Å². The standard InChI is InChI=1S/C12H10N2O2S2/c1-18-12(17)14-13-6-8-7-16-10-5-3-2-4-9(10)11(8)15/h2-7H,1H3,(H,14,17)/b13-6+. The summed E-state index contributed by atoms with van der Waals surface area (Å²) in [6.07, 6.45) is 4.63. The highest BCUT2D eigenvalue weighted by atomic mass is 32.2. The van der Waals surface area contributed by atoms with E-state index in [1.54, 1.807) is 18.2 Å². The van der Waals surface area contributed by atoms with E-state index in [1.807, 2.05) is 12.3 Å². The number of rotatable bonds is 2. The smallest absolute Gasteiger partial charge is 0.201 e. The van der Waals surface area contributed by atoms with Crippen molar-refractivity contribution in [2.45, 2.75) is 0 Å². The van der Waals surface area contributed by atoms with Crippen LogP contribution in [0.15, 0.2) is 44.8 Å². The van der Waals surface area contributed by atoms with Crippen LogP contribution in [0.25, 0.3) is 11.0 Å². The van der Waals surface area contributed by atoms with Gasteiger partial charge in [-0.15, -0.1) is 0 Å². The van der Waals surface area contributed by atoms with Crippen molar-refractivity contribution in [1.29, 1.82) is 0 Å². The number of thioether (sulfide) groups is 1. The number of para-hydroxylation sites is 1. The Morgan fingerprint density at radius 1 is 1.50 bits per heavy atom. The van der Waals surface area contributed by atoms with Crippen LogP contribution in [-0.4, -0.2) is 16.8 Å². The Morgan fingerprint density at radius 2 is 2.28 bits per heavy atom. The topological polar surface area (TPSA) is 54.6 Å². The predicted octanol–water partition coefficient (Wildman–Crippen LogP) is 2.36. The summed E-state index contributed by atoms with van der Waals surface area (Å²) < 4.78 is 5.89. The van der Waals surface area contributed by atoms with Crippen molar-refractivity contribution in [3.8, 4) is 0 Å². The van der Waals surface area contributed by atoms with E-state index in [9.17, 15) is 4.79 Å². The Kier molecular flexibility index (Phi) is 4.11. The third-order valence-corrected chi connectivity index (χ3v) is 3.30. The van der Waals surface area contributed by atoms with Crippen molar-refractivity contribution >= 4 is 45.5 Å². The van der Waals surface area contributed by atoms with E-state index in [0.29, 0.717) is 20.9 Å². The van der Waals surface area contributed by atoms with Crippen molar-refractivity contribution in [3.05, 3.63) is 46.3 Å². The normalized spacial score (nSPS) is 10.9. The maximum Gasteiger partial charge on any atom is 0.201 e. The van der Waals surface area contributed by atoms with Crippen LogP contribution < -0.4 is 10.9 Å². The molecule has 0 fully saturated rings. The van der Waals surface area contributed by atoms with Gasteiger partial charge >= 0.3 is 0 Å². The molecule has 1 N–H and O–H groups in total. The third kappa shape index (κ3) is 2.77. The summed E-state index contributed by atoms with van der Waals surface area (Å²) in [4.78, 5) is 12.1. The maximum absolute atomic E-state index is 12.1. The molecule has 0 saturated carbocycles. The first-order chi connectivity index (χ1) is 8.72. The van der Waals surface area contributed by atoms with E-state index in [4.69, 9.17) is 16.6 Å². The van der Waals surface area contributed by atoms with Gasteiger partial charge in [0.1, 0.15) is 11.8 Å². The summed E-state index contributed by atoms with van der Waals surface area (Å²) in [5.41, 5.74) is 3.47. The molecule has 0 saturated heterocycles. The number of hydrazone groups is 1. The van der Waals surface area contributed by atoms with Crippen molar-refractivity contribution in [3.63, 3.8) is 0 Å². The van der Waals surface area contributed by atoms with E-state index < -0.39 is 0 Å². The fourth-order valence-corrected chi connectivity index (χ4v) is 1.58. The fraction of sp³-hybridized carbons (Fsp3) is 0.0833. The molecular weight excluding hydrogens is 268 g/mol. The van der Waals surface area contributed by atoms with Gasteiger partial charge in [0.25, 0.3) is 0 Å². The molecule has 6 heteroatoms. The zero-order valence-corrected chi connectivity index (χ0v) is 11.2. The van der Waals surface area contributed by atoms with Crippen molar-refractivity contribution in [1.82, 2.24) is 5.43 Å². The highest BCUT2D eigenvalue weighted by molar-refractivity contribution is 8.22. The molecule has 4 nitrogen and oxygen atoms in total. The van der Waals surface area contributed by atoms with Crippen LogP contribution >= 0.6 is 24.0 Å². The molecule has 0 radical (unpaired) electrons. The van der Waals surface area contributed by atoms with Crippen LogP contribution in [0.4, 0.5) is 0 Å². The fourth-order valence-electron chi connectivity index (χ4n) is 1.38. The van der Waals surface area contributed by atoms with Gasteiger partial charge in [-0.05, 0) is 18.4 Å². The Hall–Kier alpha value is -1.66. The minimum absolute atomic E-state index is 0.113. The summed E-state index contributed by atoms with van der Waals surface area (Å²) in [5.74, 6) is 0.